The Bertz CT molecular complexity index is 828. The molecule has 2 aromatic rings. The maximum Gasteiger partial charge on any atom is 0.253 e. The molecule has 2 aliphatic heterocycles. The minimum Gasteiger partial charge on any atom is -0.350 e. The number of benzene rings is 1. The number of nitrogens with zero attached hydrogens (tertiary/aromatic N) is 3. The fourth-order valence-electron chi connectivity index (χ4n) is 3.87. The molecule has 2 saturated heterocycles. The van der Waals surface area contributed by atoms with Crippen molar-refractivity contribution in [2.24, 2.45) is 5.92 Å². The van der Waals surface area contributed by atoms with Gasteiger partial charge in [0.15, 0.2) is 6.29 Å². The number of likely N-dealkylation sites (tertiary alicyclic amines) is 1. The van der Waals surface area contributed by atoms with Gasteiger partial charge in [0.2, 0.25) is 0 Å². The molecule has 1 unspecified atom stereocenters. The molecule has 0 aliphatic carbocycles. The second kappa shape index (κ2) is 7.73. The molecule has 0 N–H and O–H groups in total. The topological polar surface area (TPSA) is 56.6 Å². The predicted molar refractivity (Wildman–Crippen MR) is 105 cm³/mol. The second-order valence-electron chi connectivity index (χ2n) is 7.21. The molecule has 0 radical (unpaired) electrons. The molecule has 1 aromatic heterocycles. The lowest BCUT2D eigenvalue weighted by atomic mass is 9.96. The lowest BCUT2D eigenvalue weighted by Gasteiger charge is -2.34. The summed E-state index contributed by atoms with van der Waals surface area (Å²) >= 11 is 3.56. The van der Waals surface area contributed by atoms with Crippen molar-refractivity contribution in [3.8, 4) is 5.69 Å². The van der Waals surface area contributed by atoms with Crippen molar-refractivity contribution in [1.29, 1.82) is 0 Å². The van der Waals surface area contributed by atoms with Gasteiger partial charge in [0, 0.05) is 24.6 Å². The van der Waals surface area contributed by atoms with E-state index in [9.17, 15) is 4.79 Å². The molecule has 1 atom stereocenters. The monoisotopic (exact) mass is 433 g/mol. The van der Waals surface area contributed by atoms with Crippen molar-refractivity contribution in [2.75, 3.05) is 26.3 Å². The molecule has 27 heavy (non-hydrogen) atoms. The van der Waals surface area contributed by atoms with Gasteiger partial charge in [0.25, 0.3) is 5.91 Å². The van der Waals surface area contributed by atoms with Crippen LogP contribution in [0.5, 0.6) is 0 Å². The van der Waals surface area contributed by atoms with E-state index in [0.29, 0.717) is 25.3 Å². The highest BCUT2D eigenvalue weighted by Crippen LogP contribution is 2.27. The highest BCUT2D eigenvalue weighted by Gasteiger charge is 2.33. The summed E-state index contributed by atoms with van der Waals surface area (Å²) in [6.07, 6.45) is 1.87. The third kappa shape index (κ3) is 3.68. The molecule has 1 aromatic carbocycles. The molecule has 3 heterocycles. The van der Waals surface area contributed by atoms with Crippen LogP contribution in [0.2, 0.25) is 0 Å². The maximum absolute atomic E-state index is 12.9. The molecule has 1 amide bonds. The summed E-state index contributed by atoms with van der Waals surface area (Å²) in [6.45, 7) is 6.77. The number of halogens is 1. The Morgan fingerprint density at radius 1 is 1.19 bits per heavy atom. The Balaban J connectivity index is 1.48. The molecule has 6 nitrogen and oxygen atoms in total. The molecule has 0 bridgehead atoms. The molecule has 2 fully saturated rings. The zero-order valence-electron chi connectivity index (χ0n) is 15.7. The predicted octanol–water partition coefficient (Wildman–Crippen LogP) is 3.48. The summed E-state index contributed by atoms with van der Waals surface area (Å²) in [5, 5.41) is 4.55. The standard InChI is InChI=1S/C20H24BrN3O3/c1-13-18(21)14(2)24(22-13)17-7-5-15(6-8-17)19(25)23-9-3-4-16(12-23)20-26-10-11-27-20/h5-8,16,20H,3-4,9-12H2,1-2H3. The first kappa shape index (κ1) is 18.7. The zero-order chi connectivity index (χ0) is 19.0. The average Bonchev–Trinajstić information content (AvgIpc) is 3.33. The van der Waals surface area contributed by atoms with Crippen LogP contribution in [-0.2, 0) is 9.47 Å². The molecule has 0 saturated carbocycles. The highest BCUT2D eigenvalue weighted by atomic mass is 79.9. The average molecular weight is 434 g/mol. The van der Waals surface area contributed by atoms with Crippen LogP contribution in [0, 0.1) is 19.8 Å². The zero-order valence-corrected chi connectivity index (χ0v) is 17.2. The van der Waals surface area contributed by atoms with Gasteiger partial charge in [-0.25, -0.2) is 4.68 Å². The van der Waals surface area contributed by atoms with Gasteiger partial charge >= 0.3 is 0 Å². The smallest absolute Gasteiger partial charge is 0.253 e. The number of aromatic nitrogens is 2. The summed E-state index contributed by atoms with van der Waals surface area (Å²) in [6, 6.07) is 7.66. The Kier molecular flexibility index (Phi) is 5.34. The summed E-state index contributed by atoms with van der Waals surface area (Å²) in [5.41, 5.74) is 3.64. The number of rotatable bonds is 3. The first-order valence-corrected chi connectivity index (χ1v) is 10.2. The van der Waals surface area contributed by atoms with Crippen LogP contribution in [0.1, 0.15) is 34.6 Å². The number of aryl methyl sites for hydroxylation is 1. The van der Waals surface area contributed by atoms with E-state index < -0.39 is 0 Å². The molecule has 0 spiro atoms. The molecule has 7 heteroatoms. The van der Waals surface area contributed by atoms with Crippen molar-refractivity contribution in [1.82, 2.24) is 14.7 Å². The second-order valence-corrected chi connectivity index (χ2v) is 8.00. The summed E-state index contributed by atoms with van der Waals surface area (Å²) in [5.74, 6) is 0.329. The van der Waals surface area contributed by atoms with Gasteiger partial charge in [0.05, 0.1) is 34.8 Å². The molecule has 144 valence electrons. The van der Waals surface area contributed by atoms with Crippen LogP contribution in [0.25, 0.3) is 5.69 Å². The SMILES string of the molecule is Cc1nn(-c2ccc(C(=O)N3CCCC(C4OCCO4)C3)cc2)c(C)c1Br. The van der Waals surface area contributed by atoms with E-state index >= 15 is 0 Å². The number of carbonyl (C=O) groups excluding carboxylic acids is 1. The summed E-state index contributed by atoms with van der Waals surface area (Å²) < 4.78 is 14.2. The normalized spacial score (nSPS) is 21.0. The number of hydrogen-bond acceptors (Lipinski definition) is 4. The van der Waals surface area contributed by atoms with Gasteiger partial charge in [-0.15, -0.1) is 0 Å². The fourth-order valence-corrected chi connectivity index (χ4v) is 4.12. The van der Waals surface area contributed by atoms with Gasteiger partial charge in [0.1, 0.15) is 0 Å². The quantitative estimate of drug-likeness (QED) is 0.743. The number of hydrogen-bond donors (Lipinski definition) is 0. The minimum atomic E-state index is -0.160. The number of ether oxygens (including phenoxy) is 2. The Morgan fingerprint density at radius 2 is 1.89 bits per heavy atom. The van der Waals surface area contributed by atoms with Gasteiger partial charge in [-0.3, -0.25) is 4.79 Å². The Hall–Kier alpha value is -1.70. The molecule has 2 aliphatic rings. The molecular formula is C20H24BrN3O3. The minimum absolute atomic E-state index is 0.0683. The number of amides is 1. The summed E-state index contributed by atoms with van der Waals surface area (Å²) in [4.78, 5) is 14.9. The van der Waals surface area contributed by atoms with E-state index in [1.807, 2.05) is 47.7 Å². The highest BCUT2D eigenvalue weighted by molar-refractivity contribution is 9.10. The van der Waals surface area contributed by atoms with Crippen LogP contribution in [0.3, 0.4) is 0 Å². The van der Waals surface area contributed by atoms with E-state index in [0.717, 1.165) is 40.9 Å². The molecular weight excluding hydrogens is 410 g/mol. The number of piperidine rings is 1. The number of carbonyl (C=O) groups is 1. The molecule has 4 rings (SSSR count). The van der Waals surface area contributed by atoms with Crippen LogP contribution < -0.4 is 0 Å². The van der Waals surface area contributed by atoms with E-state index in [-0.39, 0.29) is 18.1 Å². The van der Waals surface area contributed by atoms with E-state index in [2.05, 4.69) is 21.0 Å². The lowest BCUT2D eigenvalue weighted by molar-refractivity contribution is -0.0969. The van der Waals surface area contributed by atoms with Crippen molar-refractivity contribution in [3.05, 3.63) is 45.7 Å². The Labute approximate surface area is 167 Å². The van der Waals surface area contributed by atoms with Crippen LogP contribution >= 0.6 is 15.9 Å². The lowest BCUT2D eigenvalue weighted by Crippen LogP contribution is -2.43. The van der Waals surface area contributed by atoms with E-state index in [1.165, 1.54) is 0 Å². The third-order valence-corrected chi connectivity index (χ3v) is 6.49. The van der Waals surface area contributed by atoms with Gasteiger partial charge in [-0.2, -0.15) is 5.10 Å². The maximum atomic E-state index is 12.9. The van der Waals surface area contributed by atoms with Crippen molar-refractivity contribution < 1.29 is 14.3 Å². The third-order valence-electron chi connectivity index (χ3n) is 5.34. The largest absolute Gasteiger partial charge is 0.350 e. The van der Waals surface area contributed by atoms with Crippen LogP contribution in [-0.4, -0.2) is 53.2 Å². The Morgan fingerprint density at radius 3 is 2.52 bits per heavy atom. The van der Waals surface area contributed by atoms with Crippen LogP contribution in [0.15, 0.2) is 28.7 Å². The fraction of sp³-hybridized carbons (Fsp3) is 0.500. The van der Waals surface area contributed by atoms with Crippen molar-refractivity contribution in [3.63, 3.8) is 0 Å². The first-order chi connectivity index (χ1) is 13.0. The first-order valence-electron chi connectivity index (χ1n) is 9.39. The van der Waals surface area contributed by atoms with E-state index in [4.69, 9.17) is 9.47 Å². The van der Waals surface area contributed by atoms with Gasteiger partial charge in [-0.05, 0) is 66.9 Å². The van der Waals surface area contributed by atoms with Gasteiger partial charge in [-0.1, -0.05) is 0 Å². The summed E-state index contributed by atoms with van der Waals surface area (Å²) in [7, 11) is 0. The van der Waals surface area contributed by atoms with Crippen molar-refractivity contribution in [2.45, 2.75) is 33.0 Å². The van der Waals surface area contributed by atoms with Crippen molar-refractivity contribution >= 4 is 21.8 Å². The van der Waals surface area contributed by atoms with E-state index in [1.54, 1.807) is 0 Å². The van der Waals surface area contributed by atoms with Gasteiger partial charge < -0.3 is 14.4 Å². The van der Waals surface area contributed by atoms with Crippen LogP contribution in [0.4, 0.5) is 0 Å².